The van der Waals surface area contributed by atoms with Crippen LogP contribution in [0.5, 0.6) is 5.75 Å². The molecule has 1 saturated heterocycles. The fraction of sp³-hybridized carbons (Fsp3) is 0.318. The Morgan fingerprint density at radius 3 is 2.73 bits per heavy atom. The van der Waals surface area contributed by atoms with Gasteiger partial charge in [0.05, 0.1) is 5.69 Å². The highest BCUT2D eigenvalue weighted by Gasteiger charge is 2.31. The molecule has 1 amide bonds. The van der Waals surface area contributed by atoms with Gasteiger partial charge in [-0.25, -0.2) is 9.98 Å². The third-order valence-electron chi connectivity index (χ3n) is 5.63. The van der Waals surface area contributed by atoms with Crippen molar-refractivity contribution < 1.29 is 9.53 Å². The molecule has 1 aromatic carbocycles. The van der Waals surface area contributed by atoms with Crippen LogP contribution in [0, 0.1) is 22.8 Å². The van der Waals surface area contributed by atoms with Crippen LogP contribution in [-0.2, 0) is 4.79 Å². The maximum atomic E-state index is 12.6. The van der Waals surface area contributed by atoms with Crippen LogP contribution in [0.15, 0.2) is 29.3 Å². The number of nitrogens with zero attached hydrogens (tertiary/aromatic N) is 5. The largest absolute Gasteiger partial charge is 0.483 e. The number of fused-ring (bicyclic) bond motifs is 1. The number of hydrogen-bond acceptors (Lipinski definition) is 10. The van der Waals surface area contributed by atoms with Gasteiger partial charge in [0.25, 0.3) is 5.91 Å². The molecular formula is C22H23N9O2. The van der Waals surface area contributed by atoms with Gasteiger partial charge in [0.15, 0.2) is 12.8 Å². The second-order valence-corrected chi connectivity index (χ2v) is 7.67. The molecule has 1 atom stereocenters. The maximum Gasteiger partial charge on any atom is 0.260 e. The Balaban J connectivity index is 1.71. The molecule has 6 N–H and O–H groups in total. The normalized spacial score (nSPS) is 17.0. The van der Waals surface area contributed by atoms with Crippen molar-refractivity contribution in [1.82, 2.24) is 15.2 Å². The number of benzene rings is 1. The highest BCUT2D eigenvalue weighted by Crippen LogP contribution is 2.43. The second-order valence-electron chi connectivity index (χ2n) is 7.67. The number of rotatable bonds is 4. The Morgan fingerprint density at radius 2 is 2.00 bits per heavy atom. The van der Waals surface area contributed by atoms with E-state index in [1.54, 1.807) is 24.3 Å². The first kappa shape index (κ1) is 21.7. The van der Waals surface area contributed by atoms with Crippen LogP contribution in [0.2, 0.25) is 0 Å². The number of piperidine rings is 1. The number of nitrogen functional groups attached to an aromatic ring is 2. The number of aliphatic imine (C=N–C) groups is 1. The predicted octanol–water partition coefficient (Wildman–Crippen LogP) is 1.45. The second kappa shape index (κ2) is 9.32. The van der Waals surface area contributed by atoms with Gasteiger partial charge < -0.3 is 26.4 Å². The van der Waals surface area contributed by atoms with E-state index >= 15 is 0 Å². The van der Waals surface area contributed by atoms with Crippen LogP contribution >= 0.6 is 0 Å². The number of guanidine groups is 1. The standard InChI is InChI=1S/C22H23N9O2/c23-10-14-18(25)17-19(28-22(27-12-24)30-21(17)29-20(14)26)13-6-2-3-7-15(13)33-11-16(32)31-8-4-1-5-9-31/h2-3,6-7,19H,1,4-5,8-9,11H2,(H6,25,26,27,28,29,30). The summed E-state index contributed by atoms with van der Waals surface area (Å²) in [6, 6.07) is 8.34. The Bertz CT molecular complexity index is 1190. The third kappa shape index (κ3) is 4.29. The molecular weight excluding hydrogens is 422 g/mol. The van der Waals surface area contributed by atoms with E-state index in [4.69, 9.17) is 21.5 Å². The summed E-state index contributed by atoms with van der Waals surface area (Å²) in [5.74, 6) is 0.753. The number of carbonyl (C=O) groups is 1. The summed E-state index contributed by atoms with van der Waals surface area (Å²) in [6.45, 7) is 1.36. The van der Waals surface area contributed by atoms with Crippen LogP contribution in [0.1, 0.15) is 42.0 Å². The lowest BCUT2D eigenvalue weighted by atomic mass is 9.94. The van der Waals surface area contributed by atoms with E-state index in [0.29, 0.717) is 16.9 Å². The van der Waals surface area contributed by atoms with Gasteiger partial charge in [-0.1, -0.05) is 18.2 Å². The average Bonchev–Trinajstić information content (AvgIpc) is 2.83. The minimum atomic E-state index is -0.751. The Hall–Kier alpha value is -4.51. The van der Waals surface area contributed by atoms with Crippen LogP contribution < -0.4 is 26.8 Å². The fourth-order valence-corrected chi connectivity index (χ4v) is 4.02. The highest BCUT2D eigenvalue weighted by molar-refractivity contribution is 5.98. The van der Waals surface area contributed by atoms with E-state index in [1.807, 2.05) is 17.2 Å². The zero-order valence-corrected chi connectivity index (χ0v) is 17.8. The molecule has 4 rings (SSSR count). The smallest absolute Gasteiger partial charge is 0.260 e. The van der Waals surface area contributed by atoms with Crippen LogP contribution in [-0.4, -0.2) is 41.4 Å². The summed E-state index contributed by atoms with van der Waals surface area (Å²) in [7, 11) is 0. The summed E-state index contributed by atoms with van der Waals surface area (Å²) in [4.78, 5) is 23.2. The summed E-state index contributed by atoms with van der Waals surface area (Å²) in [5.41, 5.74) is 13.4. The summed E-state index contributed by atoms with van der Waals surface area (Å²) >= 11 is 0. The van der Waals surface area contributed by atoms with Gasteiger partial charge in [-0.3, -0.25) is 10.1 Å². The molecule has 2 aliphatic rings. The summed E-state index contributed by atoms with van der Waals surface area (Å²) in [5, 5.41) is 23.9. The minimum Gasteiger partial charge on any atom is -0.483 e. The van der Waals surface area contributed by atoms with E-state index < -0.39 is 6.04 Å². The molecule has 1 fully saturated rings. The lowest BCUT2D eigenvalue weighted by molar-refractivity contribution is -0.134. The first-order valence-electron chi connectivity index (χ1n) is 10.5. The van der Waals surface area contributed by atoms with Crippen LogP contribution in [0.4, 0.5) is 17.3 Å². The molecule has 11 heteroatoms. The molecule has 33 heavy (non-hydrogen) atoms. The number of carbonyl (C=O) groups excluding carboxylic acids is 1. The van der Waals surface area contributed by atoms with Crippen molar-refractivity contribution in [3.8, 4) is 18.0 Å². The number of amides is 1. The summed E-state index contributed by atoms with van der Waals surface area (Å²) in [6.07, 6.45) is 4.93. The van der Waals surface area contributed by atoms with E-state index in [1.165, 1.54) is 0 Å². The Labute approximate surface area is 190 Å². The lowest BCUT2D eigenvalue weighted by Gasteiger charge is -2.28. The Morgan fingerprint density at radius 1 is 1.24 bits per heavy atom. The van der Waals surface area contributed by atoms with Crippen molar-refractivity contribution in [2.75, 3.05) is 36.5 Å². The number of pyridine rings is 1. The first-order valence-corrected chi connectivity index (χ1v) is 10.5. The molecule has 2 aliphatic heterocycles. The van der Waals surface area contributed by atoms with Crippen LogP contribution in [0.25, 0.3) is 0 Å². The zero-order valence-electron chi connectivity index (χ0n) is 17.8. The van der Waals surface area contributed by atoms with Crippen molar-refractivity contribution in [2.24, 2.45) is 4.99 Å². The molecule has 2 aromatic rings. The molecule has 1 unspecified atom stereocenters. The number of nitrogens with two attached hydrogens (primary N) is 2. The minimum absolute atomic E-state index is 0.0325. The van der Waals surface area contributed by atoms with E-state index in [-0.39, 0.29) is 41.4 Å². The Kier molecular flexibility index (Phi) is 6.13. The van der Waals surface area contributed by atoms with Crippen molar-refractivity contribution in [1.29, 1.82) is 10.5 Å². The number of nitrogens with one attached hydrogen (secondary N) is 2. The molecule has 11 nitrogen and oxygen atoms in total. The number of anilines is 3. The van der Waals surface area contributed by atoms with Gasteiger partial charge in [-0.05, 0) is 25.3 Å². The SMILES string of the molecule is N#CNC1=NC(c2ccccc2OCC(=O)N2CCCCC2)c2c(nc(N)c(C#N)c2N)N1. The van der Waals surface area contributed by atoms with Gasteiger partial charge in [0.1, 0.15) is 35.1 Å². The van der Waals surface area contributed by atoms with Gasteiger partial charge in [0.2, 0.25) is 5.96 Å². The van der Waals surface area contributed by atoms with Crippen LogP contribution in [0.3, 0.4) is 0 Å². The maximum absolute atomic E-state index is 12.6. The van der Waals surface area contributed by atoms with Gasteiger partial charge in [-0.2, -0.15) is 10.5 Å². The zero-order chi connectivity index (χ0) is 23.4. The molecule has 3 heterocycles. The lowest BCUT2D eigenvalue weighted by Crippen LogP contribution is -2.38. The number of nitriles is 2. The third-order valence-corrected chi connectivity index (χ3v) is 5.63. The molecule has 0 radical (unpaired) electrons. The van der Waals surface area contributed by atoms with Gasteiger partial charge >= 0.3 is 0 Å². The van der Waals surface area contributed by atoms with Crippen molar-refractivity contribution in [3.05, 3.63) is 41.0 Å². The number of aromatic nitrogens is 1. The first-order chi connectivity index (χ1) is 16.0. The summed E-state index contributed by atoms with van der Waals surface area (Å²) < 4.78 is 5.92. The quantitative estimate of drug-likeness (QED) is 0.400. The number of hydrogen-bond donors (Lipinski definition) is 4. The molecule has 0 bridgehead atoms. The molecule has 0 spiro atoms. The monoisotopic (exact) mass is 445 g/mol. The van der Waals surface area contributed by atoms with E-state index in [2.05, 4.69) is 20.6 Å². The van der Waals surface area contributed by atoms with Gasteiger partial charge in [-0.15, -0.1) is 0 Å². The molecule has 0 aliphatic carbocycles. The fourth-order valence-electron chi connectivity index (χ4n) is 4.02. The molecule has 1 aromatic heterocycles. The van der Waals surface area contributed by atoms with E-state index in [0.717, 1.165) is 32.4 Å². The molecule has 0 saturated carbocycles. The van der Waals surface area contributed by atoms with E-state index in [9.17, 15) is 10.1 Å². The molecule has 168 valence electrons. The number of likely N-dealkylation sites (tertiary alicyclic amines) is 1. The highest BCUT2D eigenvalue weighted by atomic mass is 16.5. The average molecular weight is 445 g/mol. The van der Waals surface area contributed by atoms with Crippen molar-refractivity contribution >= 4 is 29.2 Å². The predicted molar refractivity (Wildman–Crippen MR) is 122 cm³/mol. The van der Waals surface area contributed by atoms with Crippen molar-refractivity contribution in [2.45, 2.75) is 25.3 Å². The number of ether oxygens (including phenoxy) is 1. The van der Waals surface area contributed by atoms with Crippen molar-refractivity contribution in [3.63, 3.8) is 0 Å². The number of para-hydroxylation sites is 1. The topological polar surface area (TPSA) is 178 Å². The van der Waals surface area contributed by atoms with Gasteiger partial charge in [0, 0.05) is 24.2 Å².